The minimum atomic E-state index is -0.674. The van der Waals surface area contributed by atoms with Gasteiger partial charge in [-0.2, -0.15) is 0 Å². The Morgan fingerprint density at radius 1 is 1.25 bits per heavy atom. The maximum absolute atomic E-state index is 13.2. The minimum Gasteiger partial charge on any atom is -0.392 e. The molecule has 1 heterocycles. The number of aromatic nitrogens is 1. The first-order chi connectivity index (χ1) is 9.63. The van der Waals surface area contributed by atoms with Gasteiger partial charge >= 0.3 is 0 Å². The summed E-state index contributed by atoms with van der Waals surface area (Å²) in [6.45, 7) is 0. The van der Waals surface area contributed by atoms with E-state index < -0.39 is 17.7 Å². The summed E-state index contributed by atoms with van der Waals surface area (Å²) in [6.07, 6.45) is 2.99. The second-order valence-electron chi connectivity index (χ2n) is 5.24. The summed E-state index contributed by atoms with van der Waals surface area (Å²) in [5, 5.41) is 10.3. The molecule has 1 aliphatic rings. The van der Waals surface area contributed by atoms with E-state index in [2.05, 4.69) is 4.98 Å². The van der Waals surface area contributed by atoms with Crippen LogP contribution in [0.3, 0.4) is 0 Å². The Bertz CT molecular complexity index is 609. The van der Waals surface area contributed by atoms with Gasteiger partial charge in [0, 0.05) is 23.9 Å². The van der Waals surface area contributed by atoms with Crippen molar-refractivity contribution >= 4 is 0 Å². The summed E-state index contributed by atoms with van der Waals surface area (Å²) in [6, 6.07) is 7.26. The van der Waals surface area contributed by atoms with E-state index in [1.807, 2.05) is 12.1 Å². The number of aliphatic hydroxyl groups is 1. The van der Waals surface area contributed by atoms with E-state index in [0.29, 0.717) is 5.56 Å². The molecule has 1 aliphatic carbocycles. The largest absolute Gasteiger partial charge is 0.392 e. The normalized spacial score (nSPS) is 18.9. The number of hydrogen-bond acceptors (Lipinski definition) is 2. The Labute approximate surface area is 116 Å². The number of nitrogens with zero attached hydrogens (tertiary/aromatic N) is 1. The van der Waals surface area contributed by atoms with Crippen LogP contribution in [0.1, 0.15) is 29.2 Å². The van der Waals surface area contributed by atoms with Crippen LogP contribution in [0, 0.1) is 11.6 Å². The van der Waals surface area contributed by atoms with Gasteiger partial charge in [-0.25, -0.2) is 8.78 Å². The highest BCUT2D eigenvalue weighted by Crippen LogP contribution is 2.34. The molecule has 4 heteroatoms. The lowest BCUT2D eigenvalue weighted by Crippen LogP contribution is -2.20. The summed E-state index contributed by atoms with van der Waals surface area (Å²) in [5.74, 6) is -1.29. The topological polar surface area (TPSA) is 33.1 Å². The molecule has 0 bridgehead atoms. The average Bonchev–Trinajstić information content (AvgIpc) is 2.81. The molecule has 0 saturated carbocycles. The highest BCUT2D eigenvalue weighted by atomic mass is 19.1. The molecule has 2 nitrogen and oxygen atoms in total. The van der Waals surface area contributed by atoms with Gasteiger partial charge in [0.1, 0.15) is 11.6 Å². The highest BCUT2D eigenvalue weighted by Gasteiger charge is 2.29. The maximum atomic E-state index is 13.2. The van der Waals surface area contributed by atoms with Gasteiger partial charge in [0.15, 0.2) is 0 Å². The molecule has 20 heavy (non-hydrogen) atoms. The van der Waals surface area contributed by atoms with Crippen molar-refractivity contribution in [3.05, 3.63) is 65.0 Å². The number of aryl methyl sites for hydroxylation is 1. The number of fused-ring (bicyclic) bond motifs is 1. The lowest BCUT2D eigenvalue weighted by molar-refractivity contribution is 0.141. The summed E-state index contributed by atoms with van der Waals surface area (Å²) >= 11 is 0. The molecule has 2 unspecified atom stereocenters. The number of benzene rings is 1. The minimum absolute atomic E-state index is 0.0578. The molecular weight excluding hydrogens is 260 g/mol. The van der Waals surface area contributed by atoms with E-state index in [9.17, 15) is 13.9 Å². The van der Waals surface area contributed by atoms with Crippen LogP contribution in [0.15, 0.2) is 36.5 Å². The molecule has 0 spiro atoms. The zero-order valence-electron chi connectivity index (χ0n) is 10.9. The Morgan fingerprint density at radius 3 is 2.75 bits per heavy atom. The molecule has 0 amide bonds. The molecular formula is C16H15F2NO. The first-order valence-corrected chi connectivity index (χ1v) is 6.70. The van der Waals surface area contributed by atoms with Crippen molar-refractivity contribution in [2.45, 2.75) is 31.3 Å². The van der Waals surface area contributed by atoms with Crippen molar-refractivity contribution in [1.29, 1.82) is 0 Å². The van der Waals surface area contributed by atoms with Crippen LogP contribution in [0.5, 0.6) is 0 Å². The molecule has 104 valence electrons. The fourth-order valence-electron chi connectivity index (χ4n) is 2.93. The zero-order chi connectivity index (χ0) is 14.1. The van der Waals surface area contributed by atoms with Crippen LogP contribution in [0.4, 0.5) is 8.78 Å². The number of halogens is 2. The quantitative estimate of drug-likeness (QED) is 0.934. The fourth-order valence-corrected chi connectivity index (χ4v) is 2.93. The predicted octanol–water partition coefficient (Wildman–Crippen LogP) is 2.99. The van der Waals surface area contributed by atoms with Gasteiger partial charge in [-0.1, -0.05) is 6.07 Å². The van der Waals surface area contributed by atoms with Crippen molar-refractivity contribution in [2.75, 3.05) is 0 Å². The Morgan fingerprint density at radius 2 is 2.00 bits per heavy atom. The van der Waals surface area contributed by atoms with Crippen LogP contribution >= 0.6 is 0 Å². The van der Waals surface area contributed by atoms with Crippen molar-refractivity contribution in [3.8, 4) is 0 Å². The van der Waals surface area contributed by atoms with Crippen LogP contribution in [0.2, 0.25) is 0 Å². The van der Waals surface area contributed by atoms with Crippen molar-refractivity contribution < 1.29 is 13.9 Å². The van der Waals surface area contributed by atoms with Crippen molar-refractivity contribution in [3.63, 3.8) is 0 Å². The molecule has 1 aromatic carbocycles. The fraction of sp³-hybridized carbons (Fsp3) is 0.312. The van der Waals surface area contributed by atoms with Gasteiger partial charge in [-0.3, -0.25) is 4.98 Å². The van der Waals surface area contributed by atoms with E-state index in [-0.39, 0.29) is 12.3 Å². The Kier molecular flexibility index (Phi) is 3.49. The molecule has 1 N–H and O–H groups in total. The summed E-state index contributed by atoms with van der Waals surface area (Å²) in [4.78, 5) is 4.33. The van der Waals surface area contributed by atoms with Crippen LogP contribution in [-0.4, -0.2) is 16.2 Å². The molecule has 0 fully saturated rings. The van der Waals surface area contributed by atoms with E-state index >= 15 is 0 Å². The molecule has 3 rings (SSSR count). The molecule has 0 radical (unpaired) electrons. The van der Waals surface area contributed by atoms with Gasteiger partial charge in [0.25, 0.3) is 0 Å². The number of aliphatic hydroxyl groups excluding tert-OH is 1. The van der Waals surface area contributed by atoms with E-state index in [1.54, 1.807) is 6.20 Å². The van der Waals surface area contributed by atoms with Crippen molar-refractivity contribution in [2.24, 2.45) is 0 Å². The van der Waals surface area contributed by atoms with E-state index in [1.165, 1.54) is 12.1 Å². The third-order valence-electron chi connectivity index (χ3n) is 3.83. The van der Waals surface area contributed by atoms with E-state index in [4.69, 9.17) is 0 Å². The predicted molar refractivity (Wildman–Crippen MR) is 71.4 cm³/mol. The molecule has 0 saturated heterocycles. The lowest BCUT2D eigenvalue weighted by Gasteiger charge is -2.18. The number of hydrogen-bond donors (Lipinski definition) is 1. The highest BCUT2D eigenvalue weighted by molar-refractivity contribution is 5.30. The smallest absolute Gasteiger partial charge is 0.126 e. The Balaban J connectivity index is 1.79. The molecule has 2 aromatic rings. The first-order valence-electron chi connectivity index (χ1n) is 6.70. The van der Waals surface area contributed by atoms with Crippen molar-refractivity contribution in [1.82, 2.24) is 4.98 Å². The van der Waals surface area contributed by atoms with Gasteiger partial charge in [-0.15, -0.1) is 0 Å². The monoisotopic (exact) mass is 275 g/mol. The maximum Gasteiger partial charge on any atom is 0.126 e. The van der Waals surface area contributed by atoms with Gasteiger partial charge in [-0.05, 0) is 48.6 Å². The summed E-state index contributed by atoms with van der Waals surface area (Å²) in [7, 11) is 0. The SMILES string of the molecule is OC(Cc1cc(F)cc(F)c1)C1CCc2cccnc21. The van der Waals surface area contributed by atoms with Gasteiger partial charge < -0.3 is 5.11 Å². The second kappa shape index (κ2) is 5.29. The standard InChI is InChI=1S/C16H15F2NO/c17-12-6-10(7-13(18)9-12)8-15(20)14-4-3-11-2-1-5-19-16(11)14/h1-2,5-7,9,14-15,20H,3-4,8H2. The molecule has 0 aliphatic heterocycles. The number of pyridine rings is 1. The van der Waals surface area contributed by atoms with Gasteiger partial charge in [0.05, 0.1) is 6.10 Å². The van der Waals surface area contributed by atoms with E-state index in [0.717, 1.165) is 30.2 Å². The van der Waals surface area contributed by atoms with Crippen LogP contribution in [0.25, 0.3) is 0 Å². The summed E-state index contributed by atoms with van der Waals surface area (Å²) in [5.41, 5.74) is 2.54. The average molecular weight is 275 g/mol. The summed E-state index contributed by atoms with van der Waals surface area (Å²) < 4.78 is 26.3. The van der Waals surface area contributed by atoms with Crippen LogP contribution in [-0.2, 0) is 12.8 Å². The second-order valence-corrected chi connectivity index (χ2v) is 5.24. The first kappa shape index (κ1) is 13.2. The van der Waals surface area contributed by atoms with Gasteiger partial charge in [0.2, 0.25) is 0 Å². The third-order valence-corrected chi connectivity index (χ3v) is 3.83. The zero-order valence-corrected chi connectivity index (χ0v) is 10.9. The lowest BCUT2D eigenvalue weighted by atomic mass is 9.94. The molecule has 1 aromatic heterocycles. The molecule has 2 atom stereocenters. The third kappa shape index (κ3) is 2.56. The number of rotatable bonds is 3. The Hall–Kier alpha value is -1.81. The van der Waals surface area contributed by atoms with Crippen LogP contribution < -0.4 is 0 Å².